The first kappa shape index (κ1) is 12.9. The molecule has 3 rings (SSSR count). The molecule has 0 aliphatic carbocycles. The van der Waals surface area contributed by atoms with Crippen molar-refractivity contribution in [2.24, 2.45) is 0 Å². The third-order valence-electron chi connectivity index (χ3n) is 4.03. The molecule has 0 radical (unpaired) electrons. The lowest BCUT2D eigenvalue weighted by atomic mass is 10.1. The monoisotopic (exact) mass is 277 g/mol. The molecular weight excluding hydrogens is 261 g/mol. The van der Waals surface area contributed by atoms with Crippen molar-refractivity contribution in [3.8, 4) is 0 Å². The number of benzene rings is 1. The molecule has 6 heteroatoms. The zero-order valence-electron chi connectivity index (χ0n) is 11.0. The normalized spacial score (nSPS) is 22.1. The van der Waals surface area contributed by atoms with Crippen LogP contribution in [0.25, 0.3) is 0 Å². The number of nitrogen functional groups attached to an aromatic ring is 1. The van der Waals surface area contributed by atoms with Gasteiger partial charge in [-0.3, -0.25) is 9.59 Å². The molecule has 1 atom stereocenters. The largest absolute Gasteiger partial charge is 0.396 e. The van der Waals surface area contributed by atoms with Gasteiger partial charge in [-0.15, -0.1) is 0 Å². The fraction of sp³-hybridized carbons (Fsp3) is 0.429. The highest BCUT2D eigenvalue weighted by Gasteiger charge is 2.37. The van der Waals surface area contributed by atoms with Gasteiger partial charge in [-0.25, -0.2) is 4.39 Å². The van der Waals surface area contributed by atoms with Gasteiger partial charge in [0.05, 0.1) is 5.69 Å². The molecule has 0 spiro atoms. The zero-order chi connectivity index (χ0) is 14.3. The number of halogens is 1. The van der Waals surface area contributed by atoms with Crippen LogP contribution in [0.4, 0.5) is 10.1 Å². The molecular formula is C14H16FN3O2. The Bertz CT molecular complexity index is 576. The van der Waals surface area contributed by atoms with E-state index in [1.807, 2.05) is 4.90 Å². The fourth-order valence-electron chi connectivity index (χ4n) is 2.89. The first-order valence-corrected chi connectivity index (χ1v) is 6.70. The molecule has 0 saturated carbocycles. The Morgan fingerprint density at radius 1 is 1.35 bits per heavy atom. The zero-order valence-corrected chi connectivity index (χ0v) is 11.0. The van der Waals surface area contributed by atoms with Crippen molar-refractivity contribution in [1.29, 1.82) is 0 Å². The summed E-state index contributed by atoms with van der Waals surface area (Å²) in [4.78, 5) is 27.5. The first-order valence-electron chi connectivity index (χ1n) is 6.70. The summed E-state index contributed by atoms with van der Waals surface area (Å²) in [5.74, 6) is -0.617. The Morgan fingerprint density at radius 3 is 2.90 bits per heavy atom. The molecule has 2 heterocycles. The van der Waals surface area contributed by atoms with Gasteiger partial charge in [0.25, 0.3) is 5.91 Å². The Balaban J connectivity index is 1.75. The minimum absolute atomic E-state index is 0.0350. The van der Waals surface area contributed by atoms with E-state index in [1.54, 1.807) is 4.90 Å². The van der Waals surface area contributed by atoms with Gasteiger partial charge >= 0.3 is 0 Å². The van der Waals surface area contributed by atoms with Crippen LogP contribution >= 0.6 is 0 Å². The van der Waals surface area contributed by atoms with E-state index < -0.39 is 5.82 Å². The first-order chi connectivity index (χ1) is 9.56. The van der Waals surface area contributed by atoms with Gasteiger partial charge in [-0.2, -0.15) is 0 Å². The summed E-state index contributed by atoms with van der Waals surface area (Å²) >= 11 is 0. The van der Waals surface area contributed by atoms with Crippen LogP contribution in [0.3, 0.4) is 0 Å². The number of amides is 2. The molecule has 0 aromatic heterocycles. The maximum absolute atomic E-state index is 13.4. The maximum atomic E-state index is 13.4. The molecule has 1 aromatic carbocycles. The lowest BCUT2D eigenvalue weighted by Crippen LogP contribution is -2.53. The molecule has 20 heavy (non-hydrogen) atoms. The topological polar surface area (TPSA) is 66.6 Å². The SMILES string of the molecule is Nc1ccc(C(=O)N2CCN3C(=O)CCC3C2)cc1F. The highest BCUT2D eigenvalue weighted by atomic mass is 19.1. The van der Waals surface area contributed by atoms with Crippen LogP contribution in [0.2, 0.25) is 0 Å². The van der Waals surface area contributed by atoms with E-state index in [-0.39, 0.29) is 23.5 Å². The second kappa shape index (κ2) is 4.77. The van der Waals surface area contributed by atoms with Gasteiger partial charge in [-0.1, -0.05) is 0 Å². The number of anilines is 1. The number of carbonyl (C=O) groups is 2. The summed E-state index contributed by atoms with van der Waals surface area (Å²) in [7, 11) is 0. The van der Waals surface area contributed by atoms with Crippen molar-refractivity contribution in [2.75, 3.05) is 25.4 Å². The Hall–Kier alpha value is -2.11. The fourth-order valence-corrected chi connectivity index (χ4v) is 2.89. The molecule has 2 N–H and O–H groups in total. The van der Waals surface area contributed by atoms with Crippen LogP contribution in [0.1, 0.15) is 23.2 Å². The Labute approximate surface area is 116 Å². The average Bonchev–Trinajstić information content (AvgIpc) is 2.82. The highest BCUT2D eigenvalue weighted by Crippen LogP contribution is 2.24. The van der Waals surface area contributed by atoms with Crippen LogP contribution in [0, 0.1) is 5.82 Å². The lowest BCUT2D eigenvalue weighted by Gasteiger charge is -2.37. The minimum atomic E-state index is -0.578. The van der Waals surface area contributed by atoms with E-state index in [1.165, 1.54) is 18.2 Å². The molecule has 106 valence electrons. The van der Waals surface area contributed by atoms with Crippen molar-refractivity contribution in [3.05, 3.63) is 29.6 Å². The number of rotatable bonds is 1. The predicted octanol–water partition coefficient (Wildman–Crippen LogP) is 0.855. The predicted molar refractivity (Wildman–Crippen MR) is 71.5 cm³/mol. The molecule has 1 unspecified atom stereocenters. The number of nitrogens with zero attached hydrogens (tertiary/aromatic N) is 2. The van der Waals surface area contributed by atoms with Gasteiger partial charge in [-0.05, 0) is 24.6 Å². The van der Waals surface area contributed by atoms with Gasteiger partial charge in [0, 0.05) is 37.7 Å². The number of carbonyl (C=O) groups excluding carboxylic acids is 2. The average molecular weight is 277 g/mol. The van der Waals surface area contributed by atoms with Crippen LogP contribution in [0.5, 0.6) is 0 Å². The van der Waals surface area contributed by atoms with E-state index in [9.17, 15) is 14.0 Å². The van der Waals surface area contributed by atoms with Crippen molar-refractivity contribution >= 4 is 17.5 Å². The molecule has 1 aromatic rings. The summed E-state index contributed by atoms with van der Waals surface area (Å²) in [6, 6.07) is 4.22. The van der Waals surface area contributed by atoms with E-state index in [0.717, 1.165) is 6.42 Å². The number of fused-ring (bicyclic) bond motifs is 1. The third kappa shape index (κ3) is 2.11. The van der Waals surface area contributed by atoms with E-state index in [2.05, 4.69) is 0 Å². The quantitative estimate of drug-likeness (QED) is 0.774. The van der Waals surface area contributed by atoms with Crippen molar-refractivity contribution in [3.63, 3.8) is 0 Å². The van der Waals surface area contributed by atoms with Crippen LogP contribution < -0.4 is 5.73 Å². The second-order valence-electron chi connectivity index (χ2n) is 5.27. The van der Waals surface area contributed by atoms with Crippen molar-refractivity contribution in [2.45, 2.75) is 18.9 Å². The number of hydrogen-bond donors (Lipinski definition) is 1. The smallest absolute Gasteiger partial charge is 0.254 e. The molecule has 2 aliphatic heterocycles. The van der Waals surface area contributed by atoms with Crippen molar-refractivity contribution in [1.82, 2.24) is 9.80 Å². The molecule has 2 saturated heterocycles. The summed E-state index contributed by atoms with van der Waals surface area (Å²) in [5.41, 5.74) is 5.74. The Morgan fingerprint density at radius 2 is 2.15 bits per heavy atom. The molecule has 2 fully saturated rings. The third-order valence-corrected chi connectivity index (χ3v) is 4.03. The summed E-state index contributed by atoms with van der Waals surface area (Å²) < 4.78 is 13.4. The number of hydrogen-bond acceptors (Lipinski definition) is 3. The van der Waals surface area contributed by atoms with E-state index in [0.29, 0.717) is 31.6 Å². The van der Waals surface area contributed by atoms with Crippen LogP contribution in [0.15, 0.2) is 18.2 Å². The number of nitrogens with two attached hydrogens (primary N) is 1. The van der Waals surface area contributed by atoms with Gasteiger partial charge in [0.1, 0.15) is 5.82 Å². The standard InChI is InChI=1S/C14H16FN3O2/c15-11-7-9(1-3-12(11)16)14(20)17-5-6-18-10(8-17)2-4-13(18)19/h1,3,7,10H,2,4-6,8,16H2. The molecule has 5 nitrogen and oxygen atoms in total. The lowest BCUT2D eigenvalue weighted by molar-refractivity contribution is -0.130. The van der Waals surface area contributed by atoms with E-state index >= 15 is 0 Å². The summed E-state index contributed by atoms with van der Waals surface area (Å²) in [6.07, 6.45) is 1.35. The van der Waals surface area contributed by atoms with Gasteiger partial charge < -0.3 is 15.5 Å². The van der Waals surface area contributed by atoms with E-state index in [4.69, 9.17) is 5.73 Å². The summed E-state index contributed by atoms with van der Waals surface area (Å²) in [5, 5.41) is 0. The highest BCUT2D eigenvalue weighted by molar-refractivity contribution is 5.95. The second-order valence-corrected chi connectivity index (χ2v) is 5.27. The maximum Gasteiger partial charge on any atom is 0.254 e. The Kier molecular flexibility index (Phi) is 3.08. The number of piperazine rings is 1. The van der Waals surface area contributed by atoms with Gasteiger partial charge in [0.15, 0.2) is 0 Å². The van der Waals surface area contributed by atoms with Crippen LogP contribution in [-0.2, 0) is 4.79 Å². The molecule has 0 bridgehead atoms. The van der Waals surface area contributed by atoms with Gasteiger partial charge in [0.2, 0.25) is 5.91 Å². The van der Waals surface area contributed by atoms with Crippen LogP contribution in [-0.4, -0.2) is 47.3 Å². The van der Waals surface area contributed by atoms with Crippen molar-refractivity contribution < 1.29 is 14.0 Å². The molecule has 2 aliphatic rings. The molecule has 2 amide bonds. The summed E-state index contributed by atoms with van der Waals surface area (Å²) in [6.45, 7) is 1.58. The minimum Gasteiger partial charge on any atom is -0.396 e.